The van der Waals surface area contributed by atoms with Crippen molar-refractivity contribution >= 4 is 0 Å². The van der Waals surface area contributed by atoms with Gasteiger partial charge in [-0.05, 0) is 49.5 Å². The average Bonchev–Trinajstić information content (AvgIpc) is 2.23. The van der Waals surface area contributed by atoms with Crippen molar-refractivity contribution in [1.82, 2.24) is 5.32 Å². The summed E-state index contributed by atoms with van der Waals surface area (Å²) < 4.78 is 5.78. The third-order valence-electron chi connectivity index (χ3n) is 4.08. The molecule has 108 valence electrons. The van der Waals surface area contributed by atoms with Crippen molar-refractivity contribution in [2.45, 2.75) is 59.8 Å². The molecule has 0 aromatic heterocycles. The summed E-state index contributed by atoms with van der Waals surface area (Å²) in [6.07, 6.45) is 6.64. The second-order valence-electron chi connectivity index (χ2n) is 6.92. The largest absolute Gasteiger partial charge is 0.381 e. The Labute approximate surface area is 114 Å². The highest BCUT2D eigenvalue weighted by Gasteiger charge is 2.35. The zero-order chi connectivity index (χ0) is 13.4. The van der Waals surface area contributed by atoms with Crippen LogP contribution in [0.3, 0.4) is 0 Å². The minimum atomic E-state index is 0.562. The molecule has 0 aliphatic heterocycles. The first-order valence-corrected chi connectivity index (χ1v) is 7.82. The van der Waals surface area contributed by atoms with Gasteiger partial charge in [-0.2, -0.15) is 0 Å². The topological polar surface area (TPSA) is 21.3 Å². The zero-order valence-electron chi connectivity index (χ0n) is 12.9. The molecule has 0 radical (unpaired) electrons. The molecular weight excluding hydrogens is 222 g/mol. The molecule has 0 aromatic rings. The van der Waals surface area contributed by atoms with Crippen LogP contribution in [0.4, 0.5) is 0 Å². The van der Waals surface area contributed by atoms with Crippen LogP contribution in [0.15, 0.2) is 0 Å². The van der Waals surface area contributed by atoms with Crippen molar-refractivity contribution in [3.63, 3.8) is 0 Å². The van der Waals surface area contributed by atoms with Crippen molar-refractivity contribution < 1.29 is 4.74 Å². The van der Waals surface area contributed by atoms with Crippen molar-refractivity contribution in [1.29, 1.82) is 0 Å². The zero-order valence-corrected chi connectivity index (χ0v) is 12.9. The number of hydrogen-bond acceptors (Lipinski definition) is 2. The minimum absolute atomic E-state index is 0.562. The first-order valence-electron chi connectivity index (χ1n) is 7.82. The second-order valence-corrected chi connectivity index (χ2v) is 6.92. The second kappa shape index (κ2) is 8.16. The SMILES string of the molecule is CC(C)CCOCCC1(CNCC(C)C)CCC1. The van der Waals surface area contributed by atoms with Crippen molar-refractivity contribution in [3.05, 3.63) is 0 Å². The fourth-order valence-corrected chi connectivity index (χ4v) is 2.53. The summed E-state index contributed by atoms with van der Waals surface area (Å²) in [6.45, 7) is 13.3. The molecule has 0 unspecified atom stereocenters. The van der Waals surface area contributed by atoms with Gasteiger partial charge in [0.1, 0.15) is 0 Å². The molecule has 0 bridgehead atoms. The van der Waals surface area contributed by atoms with E-state index >= 15 is 0 Å². The summed E-state index contributed by atoms with van der Waals surface area (Å²) in [7, 11) is 0. The minimum Gasteiger partial charge on any atom is -0.381 e. The molecule has 0 spiro atoms. The van der Waals surface area contributed by atoms with E-state index in [1.165, 1.54) is 38.6 Å². The Balaban J connectivity index is 2.08. The molecule has 2 heteroatoms. The van der Waals surface area contributed by atoms with E-state index in [4.69, 9.17) is 4.74 Å². The molecular formula is C16H33NO. The summed E-state index contributed by atoms with van der Waals surface area (Å²) in [5, 5.41) is 3.63. The molecule has 1 aliphatic carbocycles. The lowest BCUT2D eigenvalue weighted by atomic mass is 9.66. The van der Waals surface area contributed by atoms with Gasteiger partial charge < -0.3 is 10.1 Å². The Morgan fingerprint density at radius 2 is 1.78 bits per heavy atom. The Morgan fingerprint density at radius 1 is 1.06 bits per heavy atom. The first-order chi connectivity index (χ1) is 8.54. The van der Waals surface area contributed by atoms with Crippen LogP contribution in [0, 0.1) is 17.3 Å². The van der Waals surface area contributed by atoms with Gasteiger partial charge >= 0.3 is 0 Å². The fourth-order valence-electron chi connectivity index (χ4n) is 2.53. The standard InChI is InChI=1S/C16H33NO/c1-14(2)6-10-18-11-9-16(7-5-8-16)13-17-12-15(3)4/h14-15,17H,5-13H2,1-4H3. The van der Waals surface area contributed by atoms with Crippen LogP contribution in [-0.4, -0.2) is 26.3 Å². The molecule has 1 saturated carbocycles. The van der Waals surface area contributed by atoms with E-state index in [-0.39, 0.29) is 0 Å². The van der Waals surface area contributed by atoms with Crippen LogP contribution in [-0.2, 0) is 4.74 Å². The van der Waals surface area contributed by atoms with E-state index < -0.39 is 0 Å². The van der Waals surface area contributed by atoms with Crippen LogP contribution in [0.1, 0.15) is 59.8 Å². The van der Waals surface area contributed by atoms with Crippen molar-refractivity contribution in [3.8, 4) is 0 Å². The Hall–Kier alpha value is -0.0800. The van der Waals surface area contributed by atoms with Gasteiger partial charge in [0.05, 0.1) is 0 Å². The lowest BCUT2D eigenvalue weighted by molar-refractivity contribution is 0.0457. The summed E-state index contributed by atoms with van der Waals surface area (Å²) in [6, 6.07) is 0. The van der Waals surface area contributed by atoms with Gasteiger partial charge in [0, 0.05) is 19.8 Å². The number of hydrogen-bond donors (Lipinski definition) is 1. The maximum absolute atomic E-state index is 5.78. The maximum Gasteiger partial charge on any atom is 0.0471 e. The third kappa shape index (κ3) is 6.19. The Bertz CT molecular complexity index is 209. The molecule has 1 aliphatic rings. The van der Waals surface area contributed by atoms with Gasteiger partial charge in [-0.1, -0.05) is 34.1 Å². The maximum atomic E-state index is 5.78. The number of rotatable bonds is 10. The van der Waals surface area contributed by atoms with Gasteiger partial charge in [-0.15, -0.1) is 0 Å². The van der Waals surface area contributed by atoms with E-state index in [0.717, 1.165) is 31.6 Å². The molecule has 0 saturated heterocycles. The van der Waals surface area contributed by atoms with E-state index in [1.54, 1.807) is 0 Å². The highest BCUT2D eigenvalue weighted by molar-refractivity contribution is 4.89. The molecule has 1 fully saturated rings. The highest BCUT2D eigenvalue weighted by Crippen LogP contribution is 2.43. The first kappa shape index (κ1) is 16.0. The fraction of sp³-hybridized carbons (Fsp3) is 1.00. The van der Waals surface area contributed by atoms with Gasteiger partial charge in [-0.3, -0.25) is 0 Å². The lowest BCUT2D eigenvalue weighted by Gasteiger charge is -2.42. The third-order valence-corrected chi connectivity index (χ3v) is 4.08. The smallest absolute Gasteiger partial charge is 0.0471 e. The Kier molecular flexibility index (Phi) is 7.25. The predicted molar refractivity (Wildman–Crippen MR) is 78.9 cm³/mol. The monoisotopic (exact) mass is 255 g/mol. The highest BCUT2D eigenvalue weighted by atomic mass is 16.5. The quantitative estimate of drug-likeness (QED) is 0.599. The molecule has 18 heavy (non-hydrogen) atoms. The van der Waals surface area contributed by atoms with E-state index in [0.29, 0.717) is 5.41 Å². The lowest BCUT2D eigenvalue weighted by Crippen LogP contribution is -2.41. The average molecular weight is 255 g/mol. The van der Waals surface area contributed by atoms with Gasteiger partial charge in [0.25, 0.3) is 0 Å². The number of ether oxygens (including phenoxy) is 1. The summed E-state index contributed by atoms with van der Waals surface area (Å²) in [5.74, 6) is 1.51. The van der Waals surface area contributed by atoms with Crippen LogP contribution in [0.5, 0.6) is 0 Å². The predicted octanol–water partition coefficient (Wildman–Crippen LogP) is 3.86. The molecule has 2 nitrogen and oxygen atoms in total. The van der Waals surface area contributed by atoms with Crippen molar-refractivity contribution in [2.24, 2.45) is 17.3 Å². The molecule has 0 aromatic carbocycles. The van der Waals surface area contributed by atoms with Crippen LogP contribution >= 0.6 is 0 Å². The van der Waals surface area contributed by atoms with Gasteiger partial charge in [0.2, 0.25) is 0 Å². The molecule has 0 atom stereocenters. The van der Waals surface area contributed by atoms with E-state index in [9.17, 15) is 0 Å². The molecule has 0 heterocycles. The van der Waals surface area contributed by atoms with Crippen LogP contribution in [0.25, 0.3) is 0 Å². The number of nitrogens with one attached hydrogen (secondary N) is 1. The van der Waals surface area contributed by atoms with E-state index in [2.05, 4.69) is 33.0 Å². The normalized spacial score (nSPS) is 18.3. The van der Waals surface area contributed by atoms with Crippen LogP contribution in [0.2, 0.25) is 0 Å². The molecule has 0 amide bonds. The Morgan fingerprint density at radius 3 is 2.28 bits per heavy atom. The van der Waals surface area contributed by atoms with Gasteiger partial charge in [0.15, 0.2) is 0 Å². The molecule has 1 rings (SSSR count). The summed E-state index contributed by atoms with van der Waals surface area (Å²) in [4.78, 5) is 0. The van der Waals surface area contributed by atoms with Gasteiger partial charge in [-0.25, -0.2) is 0 Å². The summed E-state index contributed by atoms with van der Waals surface area (Å²) >= 11 is 0. The summed E-state index contributed by atoms with van der Waals surface area (Å²) in [5.41, 5.74) is 0.562. The van der Waals surface area contributed by atoms with Crippen LogP contribution < -0.4 is 5.32 Å². The van der Waals surface area contributed by atoms with E-state index in [1.807, 2.05) is 0 Å². The van der Waals surface area contributed by atoms with Crippen molar-refractivity contribution in [2.75, 3.05) is 26.3 Å². The molecule has 1 N–H and O–H groups in total.